The molecule has 2 N–H and O–H groups in total. The predicted octanol–water partition coefficient (Wildman–Crippen LogP) is 3.36. The van der Waals surface area contributed by atoms with Crippen LogP contribution in [0.15, 0.2) is 41.2 Å². The van der Waals surface area contributed by atoms with Gasteiger partial charge in [0.1, 0.15) is 12.0 Å². The van der Waals surface area contributed by atoms with Crippen molar-refractivity contribution in [3.63, 3.8) is 0 Å². The van der Waals surface area contributed by atoms with Gasteiger partial charge in [0.2, 0.25) is 0 Å². The fraction of sp³-hybridized carbons (Fsp3) is 0.333. The second kappa shape index (κ2) is 8.04. The molecule has 0 aliphatic rings. The fourth-order valence-corrected chi connectivity index (χ4v) is 2.19. The van der Waals surface area contributed by atoms with Gasteiger partial charge in [-0.25, -0.2) is 0 Å². The molecule has 0 amide bonds. The molecule has 4 heteroatoms. The van der Waals surface area contributed by atoms with Gasteiger partial charge in [0, 0.05) is 12.1 Å². The molecule has 0 bridgehead atoms. The topological polar surface area (TPSA) is 41.5 Å². The molecule has 0 saturated carbocycles. The number of para-hydroxylation sites is 1. The standard InChI is InChI=1S/C15H21NO2S/c1-5-9-19-12(3)10-16-15(17)13-8-6-7-11(2)14(13)18-4/h5-9,15-17H,3,10H2,1-2,4H3/b9-5-. The Morgan fingerprint density at radius 3 is 2.95 bits per heavy atom. The van der Waals surface area contributed by atoms with Crippen molar-refractivity contribution in [3.8, 4) is 5.75 Å². The van der Waals surface area contributed by atoms with Gasteiger partial charge < -0.3 is 9.84 Å². The Morgan fingerprint density at radius 2 is 2.32 bits per heavy atom. The summed E-state index contributed by atoms with van der Waals surface area (Å²) in [5, 5.41) is 15.2. The highest BCUT2D eigenvalue weighted by atomic mass is 32.2. The van der Waals surface area contributed by atoms with Gasteiger partial charge in [-0.05, 0) is 29.7 Å². The Labute approximate surface area is 119 Å². The van der Waals surface area contributed by atoms with Crippen LogP contribution in [0.4, 0.5) is 0 Å². The van der Waals surface area contributed by atoms with Crippen LogP contribution in [0.5, 0.6) is 5.75 Å². The van der Waals surface area contributed by atoms with Gasteiger partial charge in [0.05, 0.1) is 7.11 Å². The van der Waals surface area contributed by atoms with Crippen molar-refractivity contribution in [1.82, 2.24) is 5.32 Å². The molecule has 0 aliphatic heterocycles. The summed E-state index contributed by atoms with van der Waals surface area (Å²) in [5.41, 5.74) is 1.74. The van der Waals surface area contributed by atoms with Gasteiger partial charge in [0.15, 0.2) is 0 Å². The van der Waals surface area contributed by atoms with Gasteiger partial charge in [-0.3, -0.25) is 5.32 Å². The molecule has 0 fully saturated rings. The lowest BCUT2D eigenvalue weighted by Crippen LogP contribution is -2.23. The Bertz CT molecular complexity index is 457. The number of hydrogen-bond acceptors (Lipinski definition) is 4. The fourth-order valence-electron chi connectivity index (χ4n) is 1.70. The molecule has 0 saturated heterocycles. The molecule has 0 spiro atoms. The molecule has 1 aromatic carbocycles. The van der Waals surface area contributed by atoms with Crippen LogP contribution in [0.1, 0.15) is 24.3 Å². The zero-order valence-electron chi connectivity index (χ0n) is 11.6. The number of benzene rings is 1. The van der Waals surface area contributed by atoms with E-state index in [2.05, 4.69) is 11.9 Å². The molecule has 1 aromatic rings. The molecule has 0 heterocycles. The summed E-state index contributed by atoms with van der Waals surface area (Å²) in [6, 6.07) is 5.71. The Hall–Kier alpha value is -1.23. The van der Waals surface area contributed by atoms with Crippen molar-refractivity contribution < 1.29 is 9.84 Å². The third-order valence-corrected chi connectivity index (χ3v) is 3.49. The number of aryl methyl sites for hydroxylation is 1. The Morgan fingerprint density at radius 1 is 1.58 bits per heavy atom. The van der Waals surface area contributed by atoms with E-state index in [1.165, 1.54) is 0 Å². The zero-order chi connectivity index (χ0) is 14.3. The van der Waals surface area contributed by atoms with Gasteiger partial charge in [-0.2, -0.15) is 0 Å². The van der Waals surface area contributed by atoms with E-state index in [9.17, 15) is 5.11 Å². The second-order valence-electron chi connectivity index (χ2n) is 4.11. The van der Waals surface area contributed by atoms with E-state index >= 15 is 0 Å². The second-order valence-corrected chi connectivity index (χ2v) is 5.19. The molecule has 1 unspecified atom stereocenters. The van der Waals surface area contributed by atoms with Crippen LogP contribution in [0, 0.1) is 6.92 Å². The minimum absolute atomic E-state index is 0.535. The molecule has 0 radical (unpaired) electrons. The van der Waals surface area contributed by atoms with Gasteiger partial charge in [-0.1, -0.05) is 30.9 Å². The normalized spacial score (nSPS) is 12.6. The number of aliphatic hydroxyl groups excluding tert-OH is 1. The largest absolute Gasteiger partial charge is 0.496 e. The average Bonchev–Trinajstić information content (AvgIpc) is 2.42. The minimum atomic E-state index is -0.766. The number of methoxy groups -OCH3 is 1. The van der Waals surface area contributed by atoms with Crippen molar-refractivity contribution >= 4 is 11.8 Å². The van der Waals surface area contributed by atoms with E-state index in [1.807, 2.05) is 43.5 Å². The molecule has 104 valence electrons. The monoisotopic (exact) mass is 279 g/mol. The first-order valence-electron chi connectivity index (χ1n) is 6.10. The van der Waals surface area contributed by atoms with Crippen LogP contribution in [-0.2, 0) is 0 Å². The highest BCUT2D eigenvalue weighted by molar-refractivity contribution is 8.05. The molecular formula is C15H21NO2S. The number of allylic oxidation sites excluding steroid dienone is 1. The van der Waals surface area contributed by atoms with E-state index in [-0.39, 0.29) is 0 Å². The number of thioether (sulfide) groups is 1. The quantitative estimate of drug-likeness (QED) is 0.751. The Kier molecular flexibility index (Phi) is 6.70. The summed E-state index contributed by atoms with van der Waals surface area (Å²) in [7, 11) is 1.61. The summed E-state index contributed by atoms with van der Waals surface area (Å²) in [6.07, 6.45) is 1.19. The van der Waals surface area contributed by atoms with Crippen LogP contribution in [0.3, 0.4) is 0 Å². The third-order valence-electron chi connectivity index (χ3n) is 2.60. The molecule has 0 aliphatic carbocycles. The van der Waals surface area contributed by atoms with E-state index in [1.54, 1.807) is 18.9 Å². The van der Waals surface area contributed by atoms with Gasteiger partial charge >= 0.3 is 0 Å². The molecule has 19 heavy (non-hydrogen) atoms. The zero-order valence-corrected chi connectivity index (χ0v) is 12.5. The van der Waals surface area contributed by atoms with Crippen molar-refractivity contribution in [1.29, 1.82) is 0 Å². The first kappa shape index (κ1) is 15.8. The van der Waals surface area contributed by atoms with Crippen LogP contribution >= 0.6 is 11.8 Å². The molecule has 0 aromatic heterocycles. The van der Waals surface area contributed by atoms with Crippen molar-refractivity contribution in [3.05, 3.63) is 52.3 Å². The molecular weight excluding hydrogens is 258 g/mol. The number of nitrogens with one attached hydrogen (secondary N) is 1. The SMILES string of the molecule is C=C(CNC(O)c1cccc(C)c1OC)S/C=C\C. The predicted molar refractivity (Wildman–Crippen MR) is 82.2 cm³/mol. The van der Waals surface area contributed by atoms with Gasteiger partial charge in [-0.15, -0.1) is 11.8 Å². The van der Waals surface area contributed by atoms with E-state index in [0.717, 1.165) is 16.0 Å². The van der Waals surface area contributed by atoms with Crippen molar-refractivity contribution in [2.45, 2.75) is 20.1 Å². The summed E-state index contributed by atoms with van der Waals surface area (Å²) < 4.78 is 5.33. The van der Waals surface area contributed by atoms with E-state index < -0.39 is 6.23 Å². The molecule has 3 nitrogen and oxygen atoms in total. The maximum atomic E-state index is 10.2. The first-order chi connectivity index (χ1) is 9.10. The van der Waals surface area contributed by atoms with Crippen LogP contribution in [0.2, 0.25) is 0 Å². The summed E-state index contributed by atoms with van der Waals surface area (Å²) in [4.78, 5) is 0.948. The summed E-state index contributed by atoms with van der Waals surface area (Å²) in [5.74, 6) is 0.717. The number of aliphatic hydroxyl groups is 1. The summed E-state index contributed by atoms with van der Waals surface area (Å²) >= 11 is 1.55. The maximum Gasteiger partial charge on any atom is 0.134 e. The van der Waals surface area contributed by atoms with Crippen LogP contribution in [-0.4, -0.2) is 18.8 Å². The minimum Gasteiger partial charge on any atom is -0.496 e. The molecule has 1 atom stereocenters. The Balaban J connectivity index is 2.66. The number of ether oxygens (including phenoxy) is 1. The van der Waals surface area contributed by atoms with E-state index in [4.69, 9.17) is 4.74 Å². The number of hydrogen-bond donors (Lipinski definition) is 2. The van der Waals surface area contributed by atoms with Crippen LogP contribution < -0.4 is 10.1 Å². The molecule has 1 rings (SSSR count). The highest BCUT2D eigenvalue weighted by Crippen LogP contribution is 2.27. The van der Waals surface area contributed by atoms with E-state index in [0.29, 0.717) is 12.3 Å². The first-order valence-corrected chi connectivity index (χ1v) is 6.98. The van der Waals surface area contributed by atoms with Crippen molar-refractivity contribution in [2.24, 2.45) is 0 Å². The van der Waals surface area contributed by atoms with Crippen LogP contribution in [0.25, 0.3) is 0 Å². The highest BCUT2D eigenvalue weighted by Gasteiger charge is 2.14. The lowest BCUT2D eigenvalue weighted by Gasteiger charge is -2.18. The smallest absolute Gasteiger partial charge is 0.134 e. The lowest BCUT2D eigenvalue weighted by atomic mass is 10.1. The maximum absolute atomic E-state index is 10.2. The number of rotatable bonds is 7. The third kappa shape index (κ3) is 4.74. The van der Waals surface area contributed by atoms with Crippen molar-refractivity contribution in [2.75, 3.05) is 13.7 Å². The summed E-state index contributed by atoms with van der Waals surface area (Å²) in [6.45, 7) is 8.37. The average molecular weight is 279 g/mol. The lowest BCUT2D eigenvalue weighted by molar-refractivity contribution is 0.140. The van der Waals surface area contributed by atoms with Gasteiger partial charge in [0.25, 0.3) is 0 Å².